The number of fused-ring (bicyclic) bond motifs is 2. The van der Waals surface area contributed by atoms with Gasteiger partial charge in [0.05, 0.1) is 24.2 Å². The predicted molar refractivity (Wildman–Crippen MR) is 117 cm³/mol. The molecule has 0 radical (unpaired) electrons. The van der Waals surface area contributed by atoms with Crippen molar-refractivity contribution >= 4 is 33.4 Å². The Bertz CT molecular complexity index is 1040. The van der Waals surface area contributed by atoms with Crippen molar-refractivity contribution in [3.8, 4) is 11.5 Å². The van der Waals surface area contributed by atoms with Gasteiger partial charge in [0.1, 0.15) is 23.1 Å². The smallest absolute Gasteiger partial charge is 0.128 e. The number of nitrogens with two attached hydrogens (primary N) is 2. The molecule has 2 heterocycles. The monoisotopic (exact) mass is 388 g/mol. The van der Waals surface area contributed by atoms with Crippen molar-refractivity contribution in [2.24, 2.45) is 0 Å². The number of nitrogen functional groups attached to an aromatic ring is 2. The van der Waals surface area contributed by atoms with Gasteiger partial charge >= 0.3 is 0 Å². The maximum absolute atomic E-state index is 5.95. The Morgan fingerprint density at radius 2 is 1.07 bits per heavy atom. The highest BCUT2D eigenvalue weighted by Gasteiger charge is 2.05. The lowest BCUT2D eigenvalue weighted by molar-refractivity contribution is 0.282. The van der Waals surface area contributed by atoms with E-state index in [1.54, 1.807) is 12.1 Å². The van der Waals surface area contributed by atoms with Gasteiger partial charge in [-0.15, -0.1) is 0 Å². The highest BCUT2D eigenvalue weighted by Crippen LogP contribution is 2.26. The summed E-state index contributed by atoms with van der Waals surface area (Å²) in [5.74, 6) is 2.71. The van der Waals surface area contributed by atoms with E-state index in [4.69, 9.17) is 20.9 Å². The first-order valence-electron chi connectivity index (χ1n) is 9.77. The van der Waals surface area contributed by atoms with Gasteiger partial charge in [-0.25, -0.2) is 9.97 Å². The molecule has 0 aliphatic heterocycles. The molecule has 6 heteroatoms. The van der Waals surface area contributed by atoms with Crippen LogP contribution < -0.4 is 20.9 Å². The average molecular weight is 388 g/mol. The van der Waals surface area contributed by atoms with Crippen molar-refractivity contribution in [2.75, 3.05) is 24.7 Å². The predicted octanol–water partition coefficient (Wildman–Crippen LogP) is 4.58. The number of anilines is 2. The number of nitrogens with zero attached hydrogens (tertiary/aromatic N) is 2. The topological polar surface area (TPSA) is 96.3 Å². The number of pyridine rings is 2. The molecule has 4 N–H and O–H groups in total. The summed E-state index contributed by atoms with van der Waals surface area (Å²) < 4.78 is 11.9. The minimum atomic E-state index is 0.514. The summed E-state index contributed by atoms with van der Waals surface area (Å²) in [5.41, 5.74) is 13.2. The summed E-state index contributed by atoms with van der Waals surface area (Å²) in [6.45, 7) is 1.31. The number of hydrogen-bond donors (Lipinski definition) is 2. The molecule has 0 saturated heterocycles. The lowest BCUT2D eigenvalue weighted by atomic mass is 10.2. The standard InChI is InChI=1S/C23H24N4O2/c24-22-12-10-16-18(26-22)6-4-8-20(16)28-14-2-1-3-15-29-21-9-5-7-19-17(21)11-13-23(25)27-19/h4-13H,1-3,14-15H2,(H2,24,26)(H2,25,27). The Kier molecular flexibility index (Phi) is 5.61. The lowest BCUT2D eigenvalue weighted by Crippen LogP contribution is -2.02. The first kappa shape index (κ1) is 18.8. The molecule has 0 atom stereocenters. The molecule has 29 heavy (non-hydrogen) atoms. The molecular formula is C23H24N4O2. The fourth-order valence-electron chi connectivity index (χ4n) is 3.28. The molecule has 148 valence electrons. The first-order chi connectivity index (χ1) is 14.2. The van der Waals surface area contributed by atoms with Crippen LogP contribution in [0.25, 0.3) is 21.8 Å². The quantitative estimate of drug-likeness (QED) is 0.429. The third-order valence-electron chi connectivity index (χ3n) is 4.73. The van der Waals surface area contributed by atoms with Crippen molar-refractivity contribution in [3.05, 3.63) is 60.7 Å². The molecule has 6 nitrogen and oxygen atoms in total. The van der Waals surface area contributed by atoms with E-state index in [9.17, 15) is 0 Å². The number of rotatable bonds is 8. The number of benzene rings is 2. The van der Waals surface area contributed by atoms with Crippen molar-refractivity contribution in [3.63, 3.8) is 0 Å². The van der Waals surface area contributed by atoms with Gasteiger partial charge in [-0.3, -0.25) is 0 Å². The van der Waals surface area contributed by atoms with Crippen LogP contribution in [0, 0.1) is 0 Å². The summed E-state index contributed by atoms with van der Waals surface area (Å²) in [4.78, 5) is 8.66. The molecule has 0 aliphatic rings. The SMILES string of the molecule is Nc1ccc2c(OCCCCCOc3cccc4nc(N)ccc34)cccc2n1. The van der Waals surface area contributed by atoms with Gasteiger partial charge < -0.3 is 20.9 Å². The second kappa shape index (κ2) is 8.65. The molecule has 4 rings (SSSR count). The van der Waals surface area contributed by atoms with Crippen LogP contribution in [0.5, 0.6) is 11.5 Å². The molecule has 0 spiro atoms. The molecular weight excluding hydrogens is 364 g/mol. The molecule has 0 aliphatic carbocycles. The normalized spacial score (nSPS) is 11.0. The summed E-state index contributed by atoms with van der Waals surface area (Å²) >= 11 is 0. The van der Waals surface area contributed by atoms with E-state index in [0.717, 1.165) is 52.6 Å². The van der Waals surface area contributed by atoms with E-state index in [0.29, 0.717) is 24.8 Å². The van der Waals surface area contributed by atoms with Gasteiger partial charge in [-0.1, -0.05) is 12.1 Å². The third-order valence-corrected chi connectivity index (χ3v) is 4.73. The molecule has 2 aromatic carbocycles. The molecule has 0 saturated carbocycles. The molecule has 0 unspecified atom stereocenters. The number of hydrogen-bond acceptors (Lipinski definition) is 6. The van der Waals surface area contributed by atoms with E-state index >= 15 is 0 Å². The Hall–Kier alpha value is -3.54. The van der Waals surface area contributed by atoms with E-state index in [1.165, 1.54) is 0 Å². The van der Waals surface area contributed by atoms with Crippen LogP contribution in [0.2, 0.25) is 0 Å². The summed E-state index contributed by atoms with van der Waals surface area (Å²) in [6, 6.07) is 19.2. The minimum Gasteiger partial charge on any atom is -0.493 e. The molecule has 0 fully saturated rings. The van der Waals surface area contributed by atoms with Crippen LogP contribution in [-0.4, -0.2) is 23.2 Å². The zero-order valence-corrected chi connectivity index (χ0v) is 16.2. The Morgan fingerprint density at radius 1 is 0.586 bits per heavy atom. The van der Waals surface area contributed by atoms with Crippen LogP contribution in [0.4, 0.5) is 11.6 Å². The van der Waals surface area contributed by atoms with Crippen LogP contribution in [-0.2, 0) is 0 Å². The van der Waals surface area contributed by atoms with Gasteiger partial charge in [-0.05, 0) is 67.8 Å². The highest BCUT2D eigenvalue weighted by atomic mass is 16.5. The second-order valence-corrected chi connectivity index (χ2v) is 6.88. The summed E-state index contributed by atoms with van der Waals surface area (Å²) in [6.07, 6.45) is 2.93. The third kappa shape index (κ3) is 4.48. The number of unbranched alkanes of at least 4 members (excludes halogenated alkanes) is 2. The van der Waals surface area contributed by atoms with Gasteiger partial charge in [0, 0.05) is 10.8 Å². The molecule has 2 aromatic heterocycles. The largest absolute Gasteiger partial charge is 0.493 e. The van der Waals surface area contributed by atoms with E-state index in [2.05, 4.69) is 9.97 Å². The zero-order chi connectivity index (χ0) is 20.1. The van der Waals surface area contributed by atoms with Crippen LogP contribution in [0.3, 0.4) is 0 Å². The highest BCUT2D eigenvalue weighted by molar-refractivity contribution is 5.86. The molecule has 0 amide bonds. The maximum atomic E-state index is 5.95. The number of ether oxygens (including phenoxy) is 2. The average Bonchev–Trinajstić information content (AvgIpc) is 2.72. The Morgan fingerprint density at radius 3 is 1.55 bits per heavy atom. The fraction of sp³-hybridized carbons (Fsp3) is 0.217. The van der Waals surface area contributed by atoms with Crippen molar-refractivity contribution in [2.45, 2.75) is 19.3 Å². The second-order valence-electron chi connectivity index (χ2n) is 6.88. The summed E-state index contributed by atoms with van der Waals surface area (Å²) in [5, 5.41) is 1.96. The fourth-order valence-corrected chi connectivity index (χ4v) is 3.28. The first-order valence-corrected chi connectivity index (χ1v) is 9.77. The van der Waals surface area contributed by atoms with Crippen LogP contribution >= 0.6 is 0 Å². The molecule has 4 aromatic rings. The van der Waals surface area contributed by atoms with Gasteiger partial charge in [0.25, 0.3) is 0 Å². The Balaban J connectivity index is 1.23. The minimum absolute atomic E-state index is 0.514. The van der Waals surface area contributed by atoms with E-state index in [1.807, 2.05) is 48.5 Å². The van der Waals surface area contributed by atoms with E-state index < -0.39 is 0 Å². The van der Waals surface area contributed by atoms with Crippen LogP contribution in [0.1, 0.15) is 19.3 Å². The maximum Gasteiger partial charge on any atom is 0.128 e. The van der Waals surface area contributed by atoms with Gasteiger partial charge in [0.2, 0.25) is 0 Å². The van der Waals surface area contributed by atoms with Crippen LogP contribution in [0.15, 0.2) is 60.7 Å². The summed E-state index contributed by atoms with van der Waals surface area (Å²) in [7, 11) is 0. The molecule has 0 bridgehead atoms. The number of aromatic nitrogens is 2. The van der Waals surface area contributed by atoms with Crippen molar-refractivity contribution in [1.29, 1.82) is 0 Å². The Labute approximate surface area is 169 Å². The van der Waals surface area contributed by atoms with E-state index in [-0.39, 0.29) is 0 Å². The van der Waals surface area contributed by atoms with Gasteiger partial charge in [0.15, 0.2) is 0 Å². The zero-order valence-electron chi connectivity index (χ0n) is 16.2. The van der Waals surface area contributed by atoms with Crippen molar-refractivity contribution < 1.29 is 9.47 Å². The lowest BCUT2D eigenvalue weighted by Gasteiger charge is -2.10. The van der Waals surface area contributed by atoms with Gasteiger partial charge in [-0.2, -0.15) is 0 Å². The van der Waals surface area contributed by atoms with Crippen molar-refractivity contribution in [1.82, 2.24) is 9.97 Å².